The number of nitriles is 1. The van der Waals surface area contributed by atoms with Crippen LogP contribution in [0.5, 0.6) is 0 Å². The Bertz CT molecular complexity index is 512. The number of nitrogens with one attached hydrogen (secondary N) is 1. The molecule has 4 nitrogen and oxygen atoms in total. The van der Waals surface area contributed by atoms with Crippen LogP contribution < -0.4 is 10.6 Å². The minimum Gasteiger partial charge on any atom is -0.396 e. The first-order chi connectivity index (χ1) is 8.65. The number of benzene rings is 1. The Morgan fingerprint density at radius 2 is 2.00 bits per heavy atom. The molecule has 94 valence electrons. The molecule has 5 heteroatoms. The third-order valence-electron chi connectivity index (χ3n) is 3.23. The third-order valence-corrected chi connectivity index (χ3v) is 3.55. The second-order valence-corrected chi connectivity index (χ2v) is 4.80. The topological polar surface area (TPSA) is 76.9 Å². The second-order valence-electron chi connectivity index (χ2n) is 4.39. The largest absolute Gasteiger partial charge is 0.396 e. The molecular formula is C13H15ClN4. The number of nitrogens with zero attached hydrogens (tertiary/aromatic N) is 2. The monoisotopic (exact) mass is 262 g/mol. The summed E-state index contributed by atoms with van der Waals surface area (Å²) in [5.41, 5.74) is 7.56. The quantitative estimate of drug-likeness (QED) is 0.636. The fourth-order valence-corrected chi connectivity index (χ4v) is 2.56. The van der Waals surface area contributed by atoms with Crippen molar-refractivity contribution in [3.05, 3.63) is 22.7 Å². The van der Waals surface area contributed by atoms with Gasteiger partial charge in [0.15, 0.2) is 0 Å². The van der Waals surface area contributed by atoms with Gasteiger partial charge in [0.1, 0.15) is 11.8 Å². The fraction of sp³-hybridized carbons (Fsp3) is 0.385. The first-order valence-electron chi connectivity index (χ1n) is 5.97. The highest BCUT2D eigenvalue weighted by molar-refractivity contribution is 6.36. The predicted molar refractivity (Wildman–Crippen MR) is 74.4 cm³/mol. The molecule has 0 spiro atoms. The van der Waals surface area contributed by atoms with Crippen LogP contribution in [0, 0.1) is 16.7 Å². The van der Waals surface area contributed by atoms with Gasteiger partial charge in [-0.1, -0.05) is 11.6 Å². The van der Waals surface area contributed by atoms with Gasteiger partial charge in [-0.25, -0.2) is 0 Å². The van der Waals surface area contributed by atoms with Crippen LogP contribution >= 0.6 is 11.6 Å². The predicted octanol–water partition coefficient (Wildman–Crippen LogP) is 2.80. The Labute approximate surface area is 111 Å². The fourth-order valence-electron chi connectivity index (χ4n) is 2.30. The van der Waals surface area contributed by atoms with Crippen molar-refractivity contribution >= 4 is 28.7 Å². The van der Waals surface area contributed by atoms with Crippen LogP contribution in [0.2, 0.25) is 5.02 Å². The molecule has 3 N–H and O–H groups in total. The van der Waals surface area contributed by atoms with Crippen molar-refractivity contribution in [1.82, 2.24) is 0 Å². The van der Waals surface area contributed by atoms with Crippen molar-refractivity contribution in [2.24, 2.45) is 0 Å². The SMILES string of the molecule is N#CC(=N)c1c(Cl)ccc(N2CCCCC2)c1N. The molecule has 0 unspecified atom stereocenters. The van der Waals surface area contributed by atoms with E-state index in [1.807, 2.05) is 6.07 Å². The second kappa shape index (κ2) is 5.28. The van der Waals surface area contributed by atoms with Gasteiger partial charge in [-0.15, -0.1) is 0 Å². The number of halogens is 1. The van der Waals surface area contributed by atoms with Gasteiger partial charge in [0, 0.05) is 13.1 Å². The van der Waals surface area contributed by atoms with Gasteiger partial charge in [0.2, 0.25) is 0 Å². The highest BCUT2D eigenvalue weighted by Gasteiger charge is 2.19. The van der Waals surface area contributed by atoms with Crippen LogP contribution in [-0.2, 0) is 0 Å². The lowest BCUT2D eigenvalue weighted by Gasteiger charge is -2.30. The van der Waals surface area contributed by atoms with Crippen LogP contribution in [-0.4, -0.2) is 18.8 Å². The normalized spacial score (nSPS) is 15.2. The molecule has 1 saturated heterocycles. The molecule has 18 heavy (non-hydrogen) atoms. The minimum absolute atomic E-state index is 0.184. The zero-order valence-corrected chi connectivity index (χ0v) is 10.8. The van der Waals surface area contributed by atoms with Gasteiger partial charge in [-0.3, -0.25) is 5.41 Å². The zero-order valence-electron chi connectivity index (χ0n) is 10.0. The molecule has 2 rings (SSSR count). The maximum absolute atomic E-state index is 8.84. The molecule has 0 radical (unpaired) electrons. The molecule has 1 heterocycles. The molecule has 0 saturated carbocycles. The summed E-state index contributed by atoms with van der Waals surface area (Å²) in [7, 11) is 0. The van der Waals surface area contributed by atoms with E-state index in [1.54, 1.807) is 12.1 Å². The van der Waals surface area contributed by atoms with E-state index in [0.717, 1.165) is 31.6 Å². The molecule has 0 bridgehead atoms. The van der Waals surface area contributed by atoms with E-state index in [0.29, 0.717) is 16.3 Å². The molecule has 0 atom stereocenters. The highest BCUT2D eigenvalue weighted by Crippen LogP contribution is 2.33. The average molecular weight is 263 g/mol. The van der Waals surface area contributed by atoms with Crippen LogP contribution in [0.3, 0.4) is 0 Å². The Morgan fingerprint density at radius 1 is 1.33 bits per heavy atom. The summed E-state index contributed by atoms with van der Waals surface area (Å²) in [6, 6.07) is 5.38. The summed E-state index contributed by atoms with van der Waals surface area (Å²) in [5, 5.41) is 16.8. The Kier molecular flexibility index (Phi) is 3.73. The number of anilines is 2. The van der Waals surface area contributed by atoms with E-state index in [9.17, 15) is 0 Å². The van der Waals surface area contributed by atoms with Crippen molar-refractivity contribution in [3.8, 4) is 6.07 Å². The van der Waals surface area contributed by atoms with Crippen molar-refractivity contribution in [2.75, 3.05) is 23.7 Å². The van der Waals surface area contributed by atoms with E-state index in [4.69, 9.17) is 28.0 Å². The van der Waals surface area contributed by atoms with Gasteiger partial charge in [0.25, 0.3) is 0 Å². The Morgan fingerprint density at radius 3 is 2.61 bits per heavy atom. The number of nitrogens with two attached hydrogens (primary N) is 1. The van der Waals surface area contributed by atoms with Crippen LogP contribution in [0.4, 0.5) is 11.4 Å². The summed E-state index contributed by atoms with van der Waals surface area (Å²) in [4.78, 5) is 2.20. The molecule has 0 aromatic heterocycles. The summed E-state index contributed by atoms with van der Waals surface area (Å²) in [5.74, 6) is 0. The molecule has 1 aliphatic rings. The van der Waals surface area contributed by atoms with Gasteiger partial charge in [0.05, 0.1) is 22.0 Å². The van der Waals surface area contributed by atoms with E-state index in [2.05, 4.69) is 4.90 Å². The zero-order chi connectivity index (χ0) is 13.1. The molecule has 1 aromatic carbocycles. The number of hydrogen-bond donors (Lipinski definition) is 2. The van der Waals surface area contributed by atoms with Gasteiger partial charge in [-0.2, -0.15) is 5.26 Å². The highest BCUT2D eigenvalue weighted by atomic mass is 35.5. The van der Waals surface area contributed by atoms with E-state index >= 15 is 0 Å². The van der Waals surface area contributed by atoms with Crippen molar-refractivity contribution < 1.29 is 0 Å². The number of piperidine rings is 1. The van der Waals surface area contributed by atoms with Gasteiger partial charge < -0.3 is 10.6 Å². The lowest BCUT2D eigenvalue weighted by molar-refractivity contribution is 0.578. The maximum Gasteiger partial charge on any atom is 0.143 e. The lowest BCUT2D eigenvalue weighted by Crippen LogP contribution is -2.30. The van der Waals surface area contributed by atoms with Crippen LogP contribution in [0.1, 0.15) is 24.8 Å². The number of nitrogen functional groups attached to an aromatic ring is 1. The van der Waals surface area contributed by atoms with Crippen LogP contribution in [0.25, 0.3) is 0 Å². The van der Waals surface area contributed by atoms with E-state index in [-0.39, 0.29) is 5.71 Å². The lowest BCUT2D eigenvalue weighted by atomic mass is 10.0. The van der Waals surface area contributed by atoms with Crippen molar-refractivity contribution in [2.45, 2.75) is 19.3 Å². The van der Waals surface area contributed by atoms with E-state index < -0.39 is 0 Å². The maximum atomic E-state index is 8.84. The van der Waals surface area contributed by atoms with E-state index in [1.165, 1.54) is 6.42 Å². The summed E-state index contributed by atoms with van der Waals surface area (Å²) in [6.45, 7) is 1.93. The molecule has 1 aliphatic heterocycles. The molecule has 1 aromatic rings. The smallest absolute Gasteiger partial charge is 0.143 e. The van der Waals surface area contributed by atoms with Gasteiger partial charge >= 0.3 is 0 Å². The molecule has 0 aliphatic carbocycles. The standard InChI is InChI=1S/C13H15ClN4/c14-9-4-5-11(18-6-2-1-3-7-18)13(17)12(9)10(16)8-15/h4-5,16H,1-3,6-7,17H2. The third kappa shape index (κ3) is 2.27. The summed E-state index contributed by atoms with van der Waals surface area (Å²) in [6.07, 6.45) is 3.53. The molecular weight excluding hydrogens is 248 g/mol. The van der Waals surface area contributed by atoms with Crippen LogP contribution in [0.15, 0.2) is 12.1 Å². The van der Waals surface area contributed by atoms with Gasteiger partial charge in [-0.05, 0) is 31.4 Å². The number of hydrogen-bond acceptors (Lipinski definition) is 4. The first-order valence-corrected chi connectivity index (χ1v) is 6.35. The molecule has 0 amide bonds. The summed E-state index contributed by atoms with van der Waals surface area (Å²) < 4.78 is 0. The minimum atomic E-state index is -0.184. The van der Waals surface area contributed by atoms with Crippen molar-refractivity contribution in [1.29, 1.82) is 10.7 Å². The first kappa shape index (κ1) is 12.7. The Balaban J connectivity index is 2.44. The summed E-state index contributed by atoms with van der Waals surface area (Å²) >= 11 is 6.02. The number of rotatable bonds is 2. The molecule has 1 fully saturated rings. The van der Waals surface area contributed by atoms with Crippen molar-refractivity contribution in [3.63, 3.8) is 0 Å². The Hall–Kier alpha value is -1.73. The average Bonchev–Trinajstić information content (AvgIpc) is 2.39.